The van der Waals surface area contributed by atoms with Crippen LogP contribution in [0.5, 0.6) is 0 Å². The minimum atomic E-state index is 0. The van der Waals surface area contributed by atoms with E-state index in [-0.39, 0.29) is 31.0 Å². The number of nitrogens with zero attached hydrogens (tertiary/aromatic N) is 2. The van der Waals surface area contributed by atoms with Crippen molar-refractivity contribution in [2.75, 3.05) is 59.1 Å². The third-order valence-corrected chi connectivity index (χ3v) is 3.56. The number of aliphatic hydroxyl groups excluding tert-OH is 1. The number of carbonyl (C=O) groups excluding carboxylic acids is 1. The van der Waals surface area contributed by atoms with Gasteiger partial charge in [-0.15, -0.1) is 12.4 Å². The summed E-state index contributed by atoms with van der Waals surface area (Å²) in [5.74, 6) is 0.210. The van der Waals surface area contributed by atoms with Crippen LogP contribution in [0, 0.1) is 0 Å². The fourth-order valence-electron chi connectivity index (χ4n) is 2.45. The summed E-state index contributed by atoms with van der Waals surface area (Å²) in [5, 5.41) is 12.2. The third-order valence-electron chi connectivity index (χ3n) is 3.56. The molecule has 2 fully saturated rings. The van der Waals surface area contributed by atoms with Crippen LogP contribution < -0.4 is 5.32 Å². The largest absolute Gasteiger partial charge is 0.395 e. The van der Waals surface area contributed by atoms with Gasteiger partial charge in [0.2, 0.25) is 5.91 Å². The first kappa shape index (κ1) is 16.7. The van der Waals surface area contributed by atoms with Crippen LogP contribution in [0.25, 0.3) is 0 Å². The van der Waals surface area contributed by atoms with Crippen molar-refractivity contribution < 1.29 is 14.6 Å². The van der Waals surface area contributed by atoms with Crippen LogP contribution in [0.1, 0.15) is 6.42 Å². The minimum Gasteiger partial charge on any atom is -0.395 e. The van der Waals surface area contributed by atoms with Crippen LogP contribution in [0.3, 0.4) is 0 Å². The van der Waals surface area contributed by atoms with Gasteiger partial charge in [0.05, 0.1) is 19.8 Å². The number of hydrogen-bond donors (Lipinski definition) is 2. The monoisotopic (exact) mass is 293 g/mol. The smallest absolute Gasteiger partial charge is 0.224 e. The number of morpholine rings is 1. The van der Waals surface area contributed by atoms with Gasteiger partial charge in [-0.05, 0) is 0 Å². The van der Waals surface area contributed by atoms with E-state index in [1.165, 1.54) is 0 Å². The minimum absolute atomic E-state index is 0. The van der Waals surface area contributed by atoms with E-state index in [1.807, 2.05) is 4.90 Å². The second-order valence-electron chi connectivity index (χ2n) is 4.88. The van der Waals surface area contributed by atoms with E-state index in [2.05, 4.69) is 10.2 Å². The number of ether oxygens (including phenoxy) is 1. The molecule has 2 heterocycles. The lowest BCUT2D eigenvalue weighted by Crippen LogP contribution is -2.51. The van der Waals surface area contributed by atoms with Crippen molar-refractivity contribution in [3.63, 3.8) is 0 Å². The van der Waals surface area contributed by atoms with Crippen molar-refractivity contribution in [1.29, 1.82) is 0 Å². The fraction of sp³-hybridized carbons (Fsp3) is 0.917. The number of piperazine rings is 1. The van der Waals surface area contributed by atoms with Crippen LogP contribution in [-0.4, -0.2) is 85.9 Å². The highest BCUT2D eigenvalue weighted by molar-refractivity contribution is 5.85. The molecule has 2 aliphatic heterocycles. The Bertz CT molecular complexity index is 267. The van der Waals surface area contributed by atoms with Crippen molar-refractivity contribution in [2.45, 2.75) is 12.5 Å². The Hall–Kier alpha value is -0.400. The molecule has 2 aliphatic rings. The van der Waals surface area contributed by atoms with Gasteiger partial charge in [-0.3, -0.25) is 9.69 Å². The van der Waals surface area contributed by atoms with E-state index in [4.69, 9.17) is 9.84 Å². The molecule has 0 spiro atoms. The van der Waals surface area contributed by atoms with Gasteiger partial charge >= 0.3 is 0 Å². The first-order chi connectivity index (χ1) is 8.79. The molecule has 0 aliphatic carbocycles. The number of hydrogen-bond acceptors (Lipinski definition) is 5. The van der Waals surface area contributed by atoms with Crippen LogP contribution in [0.2, 0.25) is 0 Å². The van der Waals surface area contributed by atoms with Crippen LogP contribution in [0.4, 0.5) is 0 Å². The molecule has 1 atom stereocenters. The number of carbonyl (C=O) groups is 1. The van der Waals surface area contributed by atoms with E-state index in [0.29, 0.717) is 19.6 Å². The number of aliphatic hydroxyl groups is 1. The second-order valence-corrected chi connectivity index (χ2v) is 4.88. The average molecular weight is 294 g/mol. The van der Waals surface area contributed by atoms with Gasteiger partial charge in [0.1, 0.15) is 0 Å². The van der Waals surface area contributed by atoms with Crippen molar-refractivity contribution >= 4 is 18.3 Å². The van der Waals surface area contributed by atoms with Crippen molar-refractivity contribution in [2.24, 2.45) is 0 Å². The molecule has 0 aromatic heterocycles. The summed E-state index contributed by atoms with van der Waals surface area (Å²) in [4.78, 5) is 16.2. The molecule has 6 nitrogen and oxygen atoms in total. The zero-order valence-corrected chi connectivity index (χ0v) is 12.0. The molecule has 2 saturated heterocycles. The summed E-state index contributed by atoms with van der Waals surface area (Å²) in [5.41, 5.74) is 0. The molecule has 0 bridgehead atoms. The zero-order valence-electron chi connectivity index (χ0n) is 11.2. The highest BCUT2D eigenvalue weighted by atomic mass is 35.5. The van der Waals surface area contributed by atoms with Crippen LogP contribution in [0.15, 0.2) is 0 Å². The van der Waals surface area contributed by atoms with Crippen LogP contribution >= 0.6 is 12.4 Å². The van der Waals surface area contributed by atoms with Gasteiger partial charge in [-0.25, -0.2) is 0 Å². The molecule has 19 heavy (non-hydrogen) atoms. The summed E-state index contributed by atoms with van der Waals surface area (Å²) >= 11 is 0. The highest BCUT2D eigenvalue weighted by Crippen LogP contribution is 2.06. The normalized spacial score (nSPS) is 24.9. The molecule has 2 rings (SSSR count). The Morgan fingerprint density at radius 3 is 2.63 bits per heavy atom. The summed E-state index contributed by atoms with van der Waals surface area (Å²) < 4.78 is 5.35. The van der Waals surface area contributed by atoms with Crippen molar-refractivity contribution in [3.05, 3.63) is 0 Å². The SMILES string of the molecule is Cl.O=C(CC1COCCN1)N1CCN(CCO)CC1. The Morgan fingerprint density at radius 2 is 2.05 bits per heavy atom. The van der Waals surface area contributed by atoms with Crippen LogP contribution in [-0.2, 0) is 9.53 Å². The maximum Gasteiger partial charge on any atom is 0.224 e. The lowest BCUT2D eigenvalue weighted by molar-refractivity contribution is -0.134. The molecule has 0 saturated carbocycles. The number of halogens is 1. The lowest BCUT2D eigenvalue weighted by Gasteiger charge is -2.35. The summed E-state index contributed by atoms with van der Waals surface area (Å²) in [7, 11) is 0. The summed E-state index contributed by atoms with van der Waals surface area (Å²) in [6.45, 7) is 6.38. The van der Waals surface area contributed by atoms with Gasteiger partial charge in [-0.1, -0.05) is 0 Å². The molecule has 0 aromatic rings. The maximum atomic E-state index is 12.1. The predicted molar refractivity (Wildman–Crippen MR) is 74.6 cm³/mol. The quantitative estimate of drug-likeness (QED) is 0.691. The first-order valence-corrected chi connectivity index (χ1v) is 6.71. The van der Waals surface area contributed by atoms with E-state index >= 15 is 0 Å². The third kappa shape index (κ3) is 5.24. The van der Waals surface area contributed by atoms with Gasteiger partial charge in [0.15, 0.2) is 0 Å². The standard InChI is InChI=1S/C12H23N3O3.ClH/c16-7-6-14-2-4-15(5-3-14)12(17)9-11-10-18-8-1-13-11;/h11,13,16H,1-10H2;1H. The topological polar surface area (TPSA) is 65.0 Å². The Morgan fingerprint density at radius 1 is 1.32 bits per heavy atom. The van der Waals surface area contributed by atoms with Crippen molar-refractivity contribution in [3.8, 4) is 0 Å². The highest BCUT2D eigenvalue weighted by Gasteiger charge is 2.24. The molecule has 1 amide bonds. The zero-order chi connectivity index (χ0) is 12.8. The maximum absolute atomic E-state index is 12.1. The Labute approximate surface area is 120 Å². The summed E-state index contributed by atoms with van der Waals surface area (Å²) in [6.07, 6.45) is 0.528. The van der Waals surface area contributed by atoms with E-state index < -0.39 is 0 Å². The van der Waals surface area contributed by atoms with Crippen molar-refractivity contribution in [1.82, 2.24) is 15.1 Å². The molecule has 1 unspecified atom stereocenters. The molecule has 112 valence electrons. The number of rotatable bonds is 4. The number of β-amino-alcohol motifs (C(OH)–C–C–N with tert-alkyl or cyclic N) is 1. The molecule has 0 radical (unpaired) electrons. The fourth-order valence-corrected chi connectivity index (χ4v) is 2.45. The lowest BCUT2D eigenvalue weighted by atomic mass is 10.1. The second kappa shape index (κ2) is 8.71. The number of nitrogens with one attached hydrogen (secondary N) is 1. The molecule has 7 heteroatoms. The van der Waals surface area contributed by atoms with E-state index in [9.17, 15) is 4.79 Å². The molecule has 0 aromatic carbocycles. The first-order valence-electron chi connectivity index (χ1n) is 6.71. The van der Waals surface area contributed by atoms with E-state index in [0.717, 1.165) is 39.3 Å². The average Bonchev–Trinajstić information content (AvgIpc) is 2.41. The molecular formula is C12H24ClN3O3. The molecular weight excluding hydrogens is 270 g/mol. The molecule has 2 N–H and O–H groups in total. The predicted octanol–water partition coefficient (Wildman–Crippen LogP) is -1.08. The Balaban J connectivity index is 0.00000180. The number of amides is 1. The van der Waals surface area contributed by atoms with Gasteiger partial charge in [0, 0.05) is 51.7 Å². The van der Waals surface area contributed by atoms with E-state index in [1.54, 1.807) is 0 Å². The van der Waals surface area contributed by atoms with Gasteiger partial charge < -0.3 is 20.1 Å². The summed E-state index contributed by atoms with van der Waals surface area (Å²) in [6, 6.07) is 0.168. The van der Waals surface area contributed by atoms with Gasteiger partial charge in [-0.2, -0.15) is 0 Å². The Kier molecular flexibility index (Phi) is 7.63. The van der Waals surface area contributed by atoms with Gasteiger partial charge in [0.25, 0.3) is 0 Å².